The summed E-state index contributed by atoms with van der Waals surface area (Å²) in [7, 11) is 0. The number of rotatable bonds is 2. The predicted molar refractivity (Wildman–Crippen MR) is 77.1 cm³/mol. The molecule has 0 radical (unpaired) electrons. The van der Waals surface area contributed by atoms with E-state index in [2.05, 4.69) is 15.0 Å². The zero-order valence-corrected chi connectivity index (χ0v) is 11.9. The van der Waals surface area contributed by atoms with Gasteiger partial charge in [-0.15, -0.1) is 0 Å². The molecule has 20 heavy (non-hydrogen) atoms. The molecule has 0 aliphatic carbocycles. The van der Waals surface area contributed by atoms with Gasteiger partial charge in [0.15, 0.2) is 0 Å². The highest BCUT2D eigenvalue weighted by atomic mass is 35.5. The number of nitrogens with zero attached hydrogens (tertiary/aromatic N) is 4. The summed E-state index contributed by atoms with van der Waals surface area (Å²) in [4.78, 5) is 13.1. The normalized spacial score (nSPS) is 11.2. The molecule has 0 bridgehead atoms. The lowest BCUT2D eigenvalue weighted by atomic mass is 10.2. The second-order valence-electron chi connectivity index (χ2n) is 4.62. The molecule has 3 rings (SSSR count). The van der Waals surface area contributed by atoms with E-state index in [4.69, 9.17) is 16.7 Å². The molecule has 0 fully saturated rings. The van der Waals surface area contributed by atoms with Crippen LogP contribution in [0.2, 0.25) is 5.02 Å². The Labute approximate surface area is 120 Å². The number of aryl methyl sites for hydroxylation is 2. The Morgan fingerprint density at radius 2 is 1.80 bits per heavy atom. The molecule has 0 saturated heterocycles. The first kappa shape index (κ1) is 13.0. The Morgan fingerprint density at radius 1 is 1.15 bits per heavy atom. The van der Waals surface area contributed by atoms with Crippen molar-refractivity contribution >= 4 is 22.6 Å². The Bertz CT molecular complexity index is 797. The minimum absolute atomic E-state index is 0.101. The molecular weight excluding hydrogens is 276 g/mol. The predicted octanol–water partition coefficient (Wildman–Crippen LogP) is 2.58. The van der Waals surface area contributed by atoms with E-state index in [-0.39, 0.29) is 6.61 Å². The molecule has 3 aromatic rings. The van der Waals surface area contributed by atoms with Gasteiger partial charge in [-0.25, -0.2) is 15.0 Å². The number of aliphatic hydroxyl groups is 1. The average Bonchev–Trinajstić information content (AvgIpc) is 2.89. The van der Waals surface area contributed by atoms with E-state index in [0.717, 1.165) is 28.1 Å². The molecule has 0 atom stereocenters. The molecule has 102 valence electrons. The molecule has 1 aromatic carbocycles. The van der Waals surface area contributed by atoms with Crippen molar-refractivity contribution in [3.63, 3.8) is 0 Å². The molecule has 0 saturated carbocycles. The van der Waals surface area contributed by atoms with Crippen molar-refractivity contribution in [3.05, 3.63) is 46.8 Å². The Hall–Kier alpha value is -1.98. The number of aromatic nitrogens is 4. The van der Waals surface area contributed by atoms with E-state index in [0.29, 0.717) is 10.7 Å². The first-order valence-corrected chi connectivity index (χ1v) is 6.55. The topological polar surface area (TPSA) is 63.8 Å². The third-order valence-electron chi connectivity index (χ3n) is 3.22. The van der Waals surface area contributed by atoms with Crippen LogP contribution in [-0.4, -0.2) is 24.6 Å². The zero-order valence-electron chi connectivity index (χ0n) is 11.1. The maximum atomic E-state index is 9.07. The van der Waals surface area contributed by atoms with Crippen LogP contribution in [0.25, 0.3) is 16.7 Å². The van der Waals surface area contributed by atoms with Crippen molar-refractivity contribution in [1.29, 1.82) is 0 Å². The van der Waals surface area contributed by atoms with Crippen LogP contribution in [0.5, 0.6) is 0 Å². The highest BCUT2D eigenvalue weighted by Gasteiger charge is 2.09. The third kappa shape index (κ3) is 2.15. The van der Waals surface area contributed by atoms with Crippen LogP contribution in [0.3, 0.4) is 0 Å². The van der Waals surface area contributed by atoms with Gasteiger partial charge < -0.3 is 9.67 Å². The number of benzene rings is 1. The van der Waals surface area contributed by atoms with Gasteiger partial charge in [0.1, 0.15) is 0 Å². The van der Waals surface area contributed by atoms with Crippen molar-refractivity contribution in [2.45, 2.75) is 20.5 Å². The fourth-order valence-electron chi connectivity index (χ4n) is 2.02. The molecular formula is C14H13ClN4O. The Balaban J connectivity index is 2.20. The minimum atomic E-state index is -0.101. The molecule has 0 unspecified atom stereocenters. The smallest absolute Gasteiger partial charge is 0.0996 e. The molecule has 0 spiro atoms. The maximum absolute atomic E-state index is 9.07. The molecule has 5 nitrogen and oxygen atoms in total. The average molecular weight is 289 g/mol. The first-order chi connectivity index (χ1) is 9.58. The first-order valence-electron chi connectivity index (χ1n) is 6.17. The summed E-state index contributed by atoms with van der Waals surface area (Å²) in [5.74, 6) is 0. The van der Waals surface area contributed by atoms with Crippen molar-refractivity contribution < 1.29 is 5.11 Å². The van der Waals surface area contributed by atoms with Crippen molar-refractivity contribution in [2.24, 2.45) is 0 Å². The van der Waals surface area contributed by atoms with Gasteiger partial charge in [-0.2, -0.15) is 0 Å². The summed E-state index contributed by atoms with van der Waals surface area (Å²) in [6, 6.07) is 3.67. The highest BCUT2D eigenvalue weighted by Crippen LogP contribution is 2.26. The van der Waals surface area contributed by atoms with Gasteiger partial charge in [-0.05, 0) is 26.0 Å². The zero-order chi connectivity index (χ0) is 14.3. The summed E-state index contributed by atoms with van der Waals surface area (Å²) in [5.41, 5.74) is 4.70. The SMILES string of the molecule is Cc1nc2cc(Cl)c(-n3cnc(CO)c3)cc2nc1C. The summed E-state index contributed by atoms with van der Waals surface area (Å²) < 4.78 is 1.77. The van der Waals surface area contributed by atoms with E-state index in [1.54, 1.807) is 23.2 Å². The van der Waals surface area contributed by atoms with E-state index in [9.17, 15) is 0 Å². The number of halogens is 1. The highest BCUT2D eigenvalue weighted by molar-refractivity contribution is 6.33. The van der Waals surface area contributed by atoms with Gasteiger partial charge in [0.05, 0.1) is 51.8 Å². The lowest BCUT2D eigenvalue weighted by molar-refractivity contribution is 0.277. The van der Waals surface area contributed by atoms with E-state index >= 15 is 0 Å². The van der Waals surface area contributed by atoms with Crippen LogP contribution in [-0.2, 0) is 6.61 Å². The van der Waals surface area contributed by atoms with Crippen LogP contribution >= 0.6 is 11.6 Å². The molecule has 0 aliphatic heterocycles. The number of imidazole rings is 1. The van der Waals surface area contributed by atoms with Gasteiger partial charge >= 0.3 is 0 Å². The van der Waals surface area contributed by atoms with E-state index < -0.39 is 0 Å². The van der Waals surface area contributed by atoms with Crippen LogP contribution in [0.15, 0.2) is 24.7 Å². The van der Waals surface area contributed by atoms with Crippen LogP contribution in [0.4, 0.5) is 0 Å². The third-order valence-corrected chi connectivity index (χ3v) is 3.52. The van der Waals surface area contributed by atoms with Gasteiger partial charge in [-0.3, -0.25) is 0 Å². The lowest BCUT2D eigenvalue weighted by Crippen LogP contribution is -1.97. The number of hydrogen-bond acceptors (Lipinski definition) is 4. The van der Waals surface area contributed by atoms with Gasteiger partial charge in [0.2, 0.25) is 0 Å². The van der Waals surface area contributed by atoms with Crippen molar-refractivity contribution in [2.75, 3.05) is 0 Å². The molecule has 6 heteroatoms. The maximum Gasteiger partial charge on any atom is 0.0996 e. The molecule has 2 heterocycles. The molecule has 0 aliphatic rings. The molecule has 1 N–H and O–H groups in total. The van der Waals surface area contributed by atoms with Crippen molar-refractivity contribution in [3.8, 4) is 5.69 Å². The summed E-state index contributed by atoms with van der Waals surface area (Å²) in [6.45, 7) is 3.75. The molecule has 2 aromatic heterocycles. The standard InChI is InChI=1S/C14H13ClN4O/c1-8-9(2)18-13-4-14(11(15)3-12(13)17-8)19-5-10(6-20)16-7-19/h3-5,7,20H,6H2,1-2H3. The Morgan fingerprint density at radius 3 is 2.40 bits per heavy atom. The van der Waals surface area contributed by atoms with Crippen molar-refractivity contribution in [1.82, 2.24) is 19.5 Å². The van der Waals surface area contributed by atoms with E-state index in [1.807, 2.05) is 19.9 Å². The number of fused-ring (bicyclic) bond motifs is 1. The Kier molecular flexibility index (Phi) is 3.16. The van der Waals surface area contributed by atoms with E-state index in [1.165, 1.54) is 0 Å². The summed E-state index contributed by atoms with van der Waals surface area (Å²) >= 11 is 6.30. The monoisotopic (exact) mass is 288 g/mol. The lowest BCUT2D eigenvalue weighted by Gasteiger charge is -2.08. The minimum Gasteiger partial charge on any atom is -0.390 e. The van der Waals surface area contributed by atoms with Gasteiger partial charge in [0.25, 0.3) is 0 Å². The van der Waals surface area contributed by atoms with Crippen LogP contribution in [0, 0.1) is 13.8 Å². The second kappa shape index (κ2) is 4.85. The molecule has 0 amide bonds. The quantitative estimate of drug-likeness (QED) is 0.787. The fourth-order valence-corrected chi connectivity index (χ4v) is 2.27. The van der Waals surface area contributed by atoms with Crippen LogP contribution in [0.1, 0.15) is 17.1 Å². The number of hydrogen-bond donors (Lipinski definition) is 1. The van der Waals surface area contributed by atoms with Crippen LogP contribution < -0.4 is 0 Å². The number of aliphatic hydroxyl groups excluding tert-OH is 1. The van der Waals surface area contributed by atoms with Gasteiger partial charge in [0, 0.05) is 6.20 Å². The second-order valence-corrected chi connectivity index (χ2v) is 5.02. The van der Waals surface area contributed by atoms with Gasteiger partial charge in [-0.1, -0.05) is 11.6 Å². The summed E-state index contributed by atoms with van der Waals surface area (Å²) in [6.07, 6.45) is 3.36. The summed E-state index contributed by atoms with van der Waals surface area (Å²) in [5, 5.41) is 9.64. The largest absolute Gasteiger partial charge is 0.390 e. The fraction of sp³-hybridized carbons (Fsp3) is 0.214.